The molecule has 0 spiro atoms. The standard InChI is InChI=1S/C17H20N2O2/c20-17(16-7-3-12-21-16)18-9-4-10-19-11-8-14-5-1-2-6-15(14)13-19/h1-3,5-7,12H,4,8-11,13H2,(H,18,20). The number of carbonyl (C=O) groups is 1. The minimum absolute atomic E-state index is 0.135. The zero-order valence-electron chi connectivity index (χ0n) is 12.0. The van der Waals surface area contributed by atoms with Crippen LogP contribution in [0, 0.1) is 0 Å². The van der Waals surface area contributed by atoms with Crippen LogP contribution in [0.25, 0.3) is 0 Å². The lowest BCUT2D eigenvalue weighted by Crippen LogP contribution is -2.33. The molecule has 21 heavy (non-hydrogen) atoms. The van der Waals surface area contributed by atoms with E-state index in [2.05, 4.69) is 34.5 Å². The van der Waals surface area contributed by atoms with Crippen LogP contribution >= 0.6 is 0 Å². The molecule has 1 aromatic carbocycles. The van der Waals surface area contributed by atoms with Crippen molar-refractivity contribution in [2.24, 2.45) is 0 Å². The average molecular weight is 284 g/mol. The molecule has 0 saturated heterocycles. The van der Waals surface area contributed by atoms with E-state index in [0.717, 1.165) is 32.5 Å². The fourth-order valence-electron chi connectivity index (χ4n) is 2.74. The topological polar surface area (TPSA) is 45.5 Å². The molecule has 110 valence electrons. The van der Waals surface area contributed by atoms with Crippen LogP contribution < -0.4 is 5.32 Å². The maximum absolute atomic E-state index is 11.7. The van der Waals surface area contributed by atoms with E-state index in [1.54, 1.807) is 12.1 Å². The number of nitrogens with one attached hydrogen (secondary N) is 1. The van der Waals surface area contributed by atoms with Crippen LogP contribution in [0.1, 0.15) is 28.1 Å². The first-order valence-electron chi connectivity index (χ1n) is 7.44. The van der Waals surface area contributed by atoms with Gasteiger partial charge in [0.25, 0.3) is 5.91 Å². The second kappa shape index (κ2) is 6.59. The minimum Gasteiger partial charge on any atom is -0.459 e. The molecule has 0 unspecified atom stereocenters. The van der Waals surface area contributed by atoms with Gasteiger partial charge < -0.3 is 9.73 Å². The van der Waals surface area contributed by atoms with Gasteiger partial charge in [-0.05, 0) is 36.1 Å². The average Bonchev–Trinajstić information content (AvgIpc) is 3.06. The Morgan fingerprint density at radius 3 is 2.86 bits per heavy atom. The molecule has 0 atom stereocenters. The summed E-state index contributed by atoms with van der Waals surface area (Å²) in [4.78, 5) is 14.1. The van der Waals surface area contributed by atoms with Crippen molar-refractivity contribution in [3.05, 3.63) is 59.5 Å². The molecule has 0 bridgehead atoms. The van der Waals surface area contributed by atoms with Gasteiger partial charge in [0.15, 0.2) is 5.76 Å². The third kappa shape index (κ3) is 3.52. The number of hydrogen-bond donors (Lipinski definition) is 1. The highest BCUT2D eigenvalue weighted by atomic mass is 16.3. The summed E-state index contributed by atoms with van der Waals surface area (Å²) < 4.78 is 5.06. The summed E-state index contributed by atoms with van der Waals surface area (Å²) in [6.45, 7) is 3.80. The summed E-state index contributed by atoms with van der Waals surface area (Å²) in [7, 11) is 0. The summed E-state index contributed by atoms with van der Waals surface area (Å²) in [5.41, 5.74) is 2.91. The van der Waals surface area contributed by atoms with Crippen LogP contribution in [-0.4, -0.2) is 30.4 Å². The van der Waals surface area contributed by atoms with Crippen LogP contribution in [0.4, 0.5) is 0 Å². The Morgan fingerprint density at radius 1 is 1.19 bits per heavy atom. The van der Waals surface area contributed by atoms with Crippen LogP contribution in [0.3, 0.4) is 0 Å². The molecule has 1 aliphatic rings. The lowest BCUT2D eigenvalue weighted by Gasteiger charge is -2.28. The highest BCUT2D eigenvalue weighted by molar-refractivity contribution is 5.91. The lowest BCUT2D eigenvalue weighted by molar-refractivity contribution is 0.0923. The Balaban J connectivity index is 1.40. The van der Waals surface area contributed by atoms with Crippen LogP contribution in [0.2, 0.25) is 0 Å². The molecular formula is C17H20N2O2. The molecule has 2 heterocycles. The number of hydrogen-bond acceptors (Lipinski definition) is 3. The second-order valence-electron chi connectivity index (χ2n) is 5.38. The van der Waals surface area contributed by atoms with E-state index in [9.17, 15) is 4.79 Å². The van der Waals surface area contributed by atoms with Crippen LogP contribution in [0.15, 0.2) is 47.1 Å². The summed E-state index contributed by atoms with van der Waals surface area (Å²) in [6.07, 6.45) is 3.59. The van der Waals surface area contributed by atoms with E-state index >= 15 is 0 Å². The Bertz CT molecular complexity index is 593. The highest BCUT2D eigenvalue weighted by Gasteiger charge is 2.15. The Morgan fingerprint density at radius 2 is 2.05 bits per heavy atom. The Hall–Kier alpha value is -2.07. The quantitative estimate of drug-likeness (QED) is 0.858. The number of rotatable bonds is 5. The van der Waals surface area contributed by atoms with Gasteiger partial charge in [-0.3, -0.25) is 9.69 Å². The summed E-state index contributed by atoms with van der Waals surface area (Å²) in [5, 5.41) is 2.88. The molecule has 4 nitrogen and oxygen atoms in total. The summed E-state index contributed by atoms with van der Waals surface area (Å²) in [6, 6.07) is 12.0. The molecule has 1 aliphatic heterocycles. The zero-order valence-corrected chi connectivity index (χ0v) is 12.0. The number of fused-ring (bicyclic) bond motifs is 1. The molecule has 0 saturated carbocycles. The van der Waals surface area contributed by atoms with E-state index in [0.29, 0.717) is 12.3 Å². The van der Waals surface area contributed by atoms with E-state index in [-0.39, 0.29) is 5.91 Å². The van der Waals surface area contributed by atoms with Gasteiger partial charge in [-0.2, -0.15) is 0 Å². The number of carbonyl (C=O) groups excluding carboxylic acids is 1. The van der Waals surface area contributed by atoms with Crippen molar-refractivity contribution < 1.29 is 9.21 Å². The minimum atomic E-state index is -0.135. The SMILES string of the molecule is O=C(NCCCN1CCc2ccccc2C1)c1ccco1. The first kappa shape index (κ1) is 13.9. The van der Waals surface area contributed by atoms with Crippen LogP contribution in [0.5, 0.6) is 0 Å². The maximum Gasteiger partial charge on any atom is 0.286 e. The first-order chi connectivity index (χ1) is 10.3. The molecule has 1 aromatic heterocycles. The Labute approximate surface area is 124 Å². The van der Waals surface area contributed by atoms with Crippen molar-refractivity contribution in [1.82, 2.24) is 10.2 Å². The highest BCUT2D eigenvalue weighted by Crippen LogP contribution is 2.18. The molecule has 0 fully saturated rings. The van der Waals surface area contributed by atoms with Crippen molar-refractivity contribution in [3.8, 4) is 0 Å². The fraction of sp³-hybridized carbons (Fsp3) is 0.353. The van der Waals surface area contributed by atoms with Crippen molar-refractivity contribution in [2.45, 2.75) is 19.4 Å². The summed E-state index contributed by atoms with van der Waals surface area (Å²) >= 11 is 0. The number of amides is 1. The number of nitrogens with zero attached hydrogens (tertiary/aromatic N) is 1. The number of benzene rings is 1. The van der Waals surface area contributed by atoms with Gasteiger partial charge in [-0.25, -0.2) is 0 Å². The molecular weight excluding hydrogens is 264 g/mol. The van der Waals surface area contributed by atoms with E-state index < -0.39 is 0 Å². The maximum atomic E-state index is 11.7. The Kier molecular flexibility index (Phi) is 4.36. The molecule has 0 radical (unpaired) electrons. The normalized spacial score (nSPS) is 14.7. The fourth-order valence-corrected chi connectivity index (χ4v) is 2.74. The molecule has 1 N–H and O–H groups in total. The molecule has 2 aromatic rings. The van der Waals surface area contributed by atoms with E-state index in [1.807, 2.05) is 0 Å². The monoisotopic (exact) mass is 284 g/mol. The van der Waals surface area contributed by atoms with E-state index in [1.165, 1.54) is 17.4 Å². The largest absolute Gasteiger partial charge is 0.459 e. The summed E-state index contributed by atoms with van der Waals surface area (Å²) in [5.74, 6) is 0.242. The first-order valence-corrected chi connectivity index (χ1v) is 7.44. The third-order valence-corrected chi connectivity index (χ3v) is 3.89. The molecule has 3 rings (SSSR count). The van der Waals surface area contributed by atoms with Crippen LogP contribution in [-0.2, 0) is 13.0 Å². The van der Waals surface area contributed by atoms with Gasteiger partial charge in [0, 0.05) is 26.2 Å². The third-order valence-electron chi connectivity index (χ3n) is 3.89. The molecule has 1 amide bonds. The van der Waals surface area contributed by atoms with Gasteiger partial charge in [0.2, 0.25) is 0 Å². The van der Waals surface area contributed by atoms with Gasteiger partial charge in [0.1, 0.15) is 0 Å². The lowest BCUT2D eigenvalue weighted by atomic mass is 10.00. The van der Waals surface area contributed by atoms with Crippen molar-refractivity contribution in [2.75, 3.05) is 19.6 Å². The van der Waals surface area contributed by atoms with Gasteiger partial charge in [0.05, 0.1) is 6.26 Å². The van der Waals surface area contributed by atoms with Crippen molar-refractivity contribution >= 4 is 5.91 Å². The van der Waals surface area contributed by atoms with Gasteiger partial charge in [-0.15, -0.1) is 0 Å². The molecule has 0 aliphatic carbocycles. The van der Waals surface area contributed by atoms with Crippen molar-refractivity contribution in [3.63, 3.8) is 0 Å². The smallest absolute Gasteiger partial charge is 0.286 e. The number of furan rings is 1. The van der Waals surface area contributed by atoms with E-state index in [4.69, 9.17) is 4.42 Å². The molecule has 4 heteroatoms. The predicted molar refractivity (Wildman–Crippen MR) is 81.1 cm³/mol. The second-order valence-corrected chi connectivity index (χ2v) is 5.38. The zero-order chi connectivity index (χ0) is 14.5. The van der Waals surface area contributed by atoms with Gasteiger partial charge >= 0.3 is 0 Å². The van der Waals surface area contributed by atoms with Gasteiger partial charge in [-0.1, -0.05) is 24.3 Å². The predicted octanol–water partition coefficient (Wildman–Crippen LogP) is 2.46. The van der Waals surface area contributed by atoms with Crippen molar-refractivity contribution in [1.29, 1.82) is 0 Å².